The standard InChI is InChI=1S/C11H9BrFN3/c12-8-9-2-1-3-10(13)11(9)16(6-4-14)7-5-15/h1-3H,6-8H2. The van der Waals surface area contributed by atoms with Gasteiger partial charge in [-0.05, 0) is 11.6 Å². The SMILES string of the molecule is N#CCN(CC#N)c1c(F)cccc1CBr. The van der Waals surface area contributed by atoms with Gasteiger partial charge in [-0.3, -0.25) is 0 Å². The molecule has 0 aromatic heterocycles. The minimum Gasteiger partial charge on any atom is -0.342 e. The maximum Gasteiger partial charge on any atom is 0.146 e. The van der Waals surface area contributed by atoms with Crippen molar-refractivity contribution in [3.63, 3.8) is 0 Å². The Kier molecular flexibility index (Phi) is 4.75. The van der Waals surface area contributed by atoms with Crippen molar-refractivity contribution in [2.75, 3.05) is 18.0 Å². The number of hydrogen-bond donors (Lipinski definition) is 0. The molecule has 0 radical (unpaired) electrons. The number of rotatable bonds is 4. The predicted molar refractivity (Wildman–Crippen MR) is 62.5 cm³/mol. The average molecular weight is 282 g/mol. The fourth-order valence-corrected chi connectivity index (χ4v) is 1.86. The van der Waals surface area contributed by atoms with Gasteiger partial charge in [0.05, 0.1) is 17.8 Å². The van der Waals surface area contributed by atoms with E-state index in [0.717, 1.165) is 5.56 Å². The summed E-state index contributed by atoms with van der Waals surface area (Å²) in [5.74, 6) is -0.414. The zero-order valence-electron chi connectivity index (χ0n) is 8.45. The van der Waals surface area contributed by atoms with Crippen molar-refractivity contribution in [1.29, 1.82) is 10.5 Å². The zero-order chi connectivity index (χ0) is 12.0. The Hall–Kier alpha value is -1.59. The summed E-state index contributed by atoms with van der Waals surface area (Å²) < 4.78 is 13.7. The molecule has 0 aliphatic carbocycles. The third-order valence-electron chi connectivity index (χ3n) is 2.05. The number of hydrogen-bond acceptors (Lipinski definition) is 3. The maximum absolute atomic E-state index is 13.7. The molecule has 0 amide bonds. The van der Waals surface area contributed by atoms with Gasteiger partial charge in [-0.15, -0.1) is 0 Å². The highest BCUT2D eigenvalue weighted by Gasteiger charge is 2.14. The number of nitrogens with zero attached hydrogens (tertiary/aromatic N) is 3. The molecule has 3 nitrogen and oxygen atoms in total. The number of anilines is 1. The highest BCUT2D eigenvalue weighted by atomic mass is 79.9. The normalized spacial score (nSPS) is 9.25. The van der Waals surface area contributed by atoms with Crippen molar-refractivity contribution >= 4 is 21.6 Å². The molecular weight excluding hydrogens is 273 g/mol. The smallest absolute Gasteiger partial charge is 0.146 e. The van der Waals surface area contributed by atoms with Gasteiger partial charge in [-0.2, -0.15) is 10.5 Å². The summed E-state index contributed by atoms with van der Waals surface area (Å²) >= 11 is 3.25. The quantitative estimate of drug-likeness (QED) is 0.630. The molecule has 0 fully saturated rings. The Labute approximate surface area is 102 Å². The first-order chi connectivity index (χ1) is 7.74. The number of alkyl halides is 1. The van der Waals surface area contributed by atoms with Crippen LogP contribution in [0.15, 0.2) is 18.2 Å². The molecule has 0 saturated heterocycles. The fourth-order valence-electron chi connectivity index (χ4n) is 1.41. The molecule has 0 N–H and O–H groups in total. The van der Waals surface area contributed by atoms with Crippen LogP contribution in [0, 0.1) is 28.5 Å². The monoisotopic (exact) mass is 281 g/mol. The Bertz CT molecular complexity index is 432. The molecule has 0 atom stereocenters. The summed E-state index contributed by atoms with van der Waals surface area (Å²) in [6.45, 7) is -0.0109. The van der Waals surface area contributed by atoms with E-state index in [4.69, 9.17) is 10.5 Å². The van der Waals surface area contributed by atoms with Gasteiger partial charge in [0.25, 0.3) is 0 Å². The molecule has 0 bridgehead atoms. The molecule has 0 unspecified atom stereocenters. The van der Waals surface area contributed by atoms with Gasteiger partial charge >= 0.3 is 0 Å². The molecule has 1 rings (SSSR count). The lowest BCUT2D eigenvalue weighted by Gasteiger charge is -2.21. The molecule has 0 spiro atoms. The first-order valence-electron chi connectivity index (χ1n) is 4.56. The summed E-state index contributed by atoms with van der Waals surface area (Å²) in [5.41, 5.74) is 1.05. The van der Waals surface area contributed by atoms with Crippen molar-refractivity contribution in [2.45, 2.75) is 5.33 Å². The van der Waals surface area contributed by atoms with E-state index in [1.54, 1.807) is 12.1 Å². The summed E-state index contributed by atoms with van der Waals surface area (Å²) in [6, 6.07) is 8.53. The lowest BCUT2D eigenvalue weighted by atomic mass is 10.1. The third-order valence-corrected chi connectivity index (χ3v) is 2.66. The average Bonchev–Trinajstić information content (AvgIpc) is 2.28. The summed E-state index contributed by atoms with van der Waals surface area (Å²) in [4.78, 5) is 1.42. The van der Waals surface area contributed by atoms with E-state index in [2.05, 4.69) is 15.9 Å². The van der Waals surface area contributed by atoms with Crippen LogP contribution in [0.1, 0.15) is 5.56 Å². The van der Waals surface area contributed by atoms with Crippen LogP contribution in [-0.4, -0.2) is 13.1 Å². The van der Waals surface area contributed by atoms with Crippen LogP contribution < -0.4 is 4.90 Å². The molecular formula is C11H9BrFN3. The van der Waals surface area contributed by atoms with E-state index < -0.39 is 5.82 Å². The second-order valence-corrected chi connectivity index (χ2v) is 3.61. The molecule has 1 aromatic rings. The molecule has 1 aromatic carbocycles. The van der Waals surface area contributed by atoms with Crippen molar-refractivity contribution in [1.82, 2.24) is 0 Å². The molecule has 0 aliphatic heterocycles. The lowest BCUT2D eigenvalue weighted by Crippen LogP contribution is -2.26. The molecule has 0 aliphatic rings. The zero-order valence-corrected chi connectivity index (χ0v) is 10.0. The van der Waals surface area contributed by atoms with Crippen LogP contribution in [0.25, 0.3) is 0 Å². The van der Waals surface area contributed by atoms with Crippen molar-refractivity contribution < 1.29 is 4.39 Å². The minimum atomic E-state index is -0.414. The highest BCUT2D eigenvalue weighted by Crippen LogP contribution is 2.26. The van der Waals surface area contributed by atoms with Crippen LogP contribution in [0.3, 0.4) is 0 Å². The van der Waals surface area contributed by atoms with Crippen molar-refractivity contribution in [2.24, 2.45) is 0 Å². The summed E-state index contributed by atoms with van der Waals surface area (Å²) in [6.07, 6.45) is 0. The third kappa shape index (κ3) is 2.71. The van der Waals surface area contributed by atoms with Gasteiger partial charge in [0.2, 0.25) is 0 Å². The molecule has 0 saturated carbocycles. The van der Waals surface area contributed by atoms with Gasteiger partial charge in [-0.25, -0.2) is 4.39 Å². The van der Waals surface area contributed by atoms with E-state index >= 15 is 0 Å². The topological polar surface area (TPSA) is 50.8 Å². The van der Waals surface area contributed by atoms with Crippen LogP contribution in [0.2, 0.25) is 0 Å². The largest absolute Gasteiger partial charge is 0.342 e. The maximum atomic E-state index is 13.7. The van der Waals surface area contributed by atoms with Crippen molar-refractivity contribution in [3.05, 3.63) is 29.6 Å². The summed E-state index contributed by atoms with van der Waals surface area (Å²) in [5, 5.41) is 17.8. The van der Waals surface area contributed by atoms with Gasteiger partial charge in [0.15, 0.2) is 0 Å². The van der Waals surface area contributed by atoms with E-state index in [1.165, 1.54) is 11.0 Å². The van der Waals surface area contributed by atoms with E-state index in [1.807, 2.05) is 12.1 Å². The Morgan fingerprint density at radius 1 is 1.25 bits per heavy atom. The fraction of sp³-hybridized carbons (Fsp3) is 0.273. The predicted octanol–water partition coefficient (Wildman–Crippen LogP) is 2.57. The van der Waals surface area contributed by atoms with Crippen LogP contribution in [0.5, 0.6) is 0 Å². The Balaban J connectivity index is 3.17. The van der Waals surface area contributed by atoms with Gasteiger partial charge < -0.3 is 4.90 Å². The number of halogens is 2. The van der Waals surface area contributed by atoms with E-state index in [0.29, 0.717) is 11.0 Å². The van der Waals surface area contributed by atoms with Gasteiger partial charge in [0, 0.05) is 5.33 Å². The minimum absolute atomic E-state index is 0.00546. The Morgan fingerprint density at radius 2 is 1.88 bits per heavy atom. The number of para-hydroxylation sites is 1. The van der Waals surface area contributed by atoms with E-state index in [-0.39, 0.29) is 13.1 Å². The number of nitriles is 2. The lowest BCUT2D eigenvalue weighted by molar-refractivity contribution is 0.622. The van der Waals surface area contributed by atoms with Crippen molar-refractivity contribution in [3.8, 4) is 12.1 Å². The summed E-state index contributed by atoms with van der Waals surface area (Å²) in [7, 11) is 0. The second kappa shape index (κ2) is 6.09. The van der Waals surface area contributed by atoms with Crippen LogP contribution in [-0.2, 0) is 5.33 Å². The Morgan fingerprint density at radius 3 is 2.38 bits per heavy atom. The number of benzene rings is 1. The second-order valence-electron chi connectivity index (χ2n) is 3.05. The van der Waals surface area contributed by atoms with Gasteiger partial charge in [-0.1, -0.05) is 28.1 Å². The highest BCUT2D eigenvalue weighted by molar-refractivity contribution is 9.08. The first-order valence-corrected chi connectivity index (χ1v) is 5.69. The van der Waals surface area contributed by atoms with Gasteiger partial charge in [0.1, 0.15) is 18.9 Å². The van der Waals surface area contributed by atoms with Crippen LogP contribution >= 0.6 is 15.9 Å². The van der Waals surface area contributed by atoms with Crippen LogP contribution in [0.4, 0.5) is 10.1 Å². The molecule has 16 heavy (non-hydrogen) atoms. The van der Waals surface area contributed by atoms with E-state index in [9.17, 15) is 4.39 Å². The molecule has 82 valence electrons. The first kappa shape index (κ1) is 12.5. The molecule has 5 heteroatoms. The molecule has 0 heterocycles.